The van der Waals surface area contributed by atoms with Gasteiger partial charge >= 0.3 is 0 Å². The van der Waals surface area contributed by atoms with Crippen molar-refractivity contribution >= 4 is 5.69 Å². The summed E-state index contributed by atoms with van der Waals surface area (Å²) in [6.45, 7) is 2.05. The van der Waals surface area contributed by atoms with E-state index in [4.69, 9.17) is 0 Å². The zero-order valence-corrected chi connectivity index (χ0v) is 8.07. The fourth-order valence-corrected chi connectivity index (χ4v) is 1.26. The van der Waals surface area contributed by atoms with Crippen molar-refractivity contribution in [1.82, 2.24) is 5.32 Å². The molecule has 0 aliphatic carbocycles. The number of hydrogen-bond acceptors (Lipinski definition) is 4. The van der Waals surface area contributed by atoms with E-state index >= 15 is 0 Å². The van der Waals surface area contributed by atoms with Gasteiger partial charge in [-0.3, -0.25) is 10.1 Å². The number of nitrogens with zero attached hydrogens (tertiary/aromatic N) is 1. The molecule has 0 radical (unpaired) electrons. The van der Waals surface area contributed by atoms with Crippen molar-refractivity contribution in [3.63, 3.8) is 0 Å². The van der Waals surface area contributed by atoms with E-state index in [0.29, 0.717) is 17.7 Å². The first-order valence-corrected chi connectivity index (χ1v) is 4.17. The van der Waals surface area contributed by atoms with E-state index < -0.39 is 4.92 Å². The van der Waals surface area contributed by atoms with E-state index in [1.165, 1.54) is 12.1 Å². The van der Waals surface area contributed by atoms with E-state index in [2.05, 4.69) is 5.32 Å². The number of non-ortho nitro benzene ring substituents is 1. The lowest BCUT2D eigenvalue weighted by Gasteiger charge is -2.06. The molecule has 1 rings (SSSR count). The van der Waals surface area contributed by atoms with Crippen molar-refractivity contribution in [3.8, 4) is 5.75 Å². The van der Waals surface area contributed by atoms with Gasteiger partial charge in [-0.25, -0.2) is 0 Å². The summed E-state index contributed by atoms with van der Waals surface area (Å²) in [7, 11) is 1.72. The van der Waals surface area contributed by atoms with Crippen LogP contribution in [-0.2, 0) is 6.54 Å². The van der Waals surface area contributed by atoms with Gasteiger partial charge in [0, 0.05) is 24.2 Å². The maximum atomic E-state index is 10.5. The summed E-state index contributed by atoms with van der Waals surface area (Å²) in [5.74, 6) is 0.116. The fourth-order valence-electron chi connectivity index (χ4n) is 1.26. The highest BCUT2D eigenvalue weighted by Crippen LogP contribution is 2.27. The van der Waals surface area contributed by atoms with E-state index in [1.54, 1.807) is 14.0 Å². The smallest absolute Gasteiger partial charge is 0.270 e. The summed E-state index contributed by atoms with van der Waals surface area (Å²) in [4.78, 5) is 10.1. The molecule has 0 amide bonds. The molecule has 2 N–H and O–H groups in total. The Morgan fingerprint density at radius 1 is 1.57 bits per heavy atom. The Kier molecular flexibility index (Phi) is 3.03. The van der Waals surface area contributed by atoms with Crippen molar-refractivity contribution in [2.24, 2.45) is 0 Å². The van der Waals surface area contributed by atoms with Crippen molar-refractivity contribution in [2.45, 2.75) is 13.5 Å². The highest BCUT2D eigenvalue weighted by atomic mass is 16.6. The average Bonchev–Trinajstić information content (AvgIpc) is 2.12. The number of aryl methyl sites for hydroxylation is 1. The van der Waals surface area contributed by atoms with Gasteiger partial charge in [0.2, 0.25) is 0 Å². The third kappa shape index (κ3) is 2.00. The second-order valence-corrected chi connectivity index (χ2v) is 3.06. The molecule has 76 valence electrons. The van der Waals surface area contributed by atoms with Gasteiger partial charge in [-0.05, 0) is 19.5 Å². The van der Waals surface area contributed by atoms with Crippen LogP contribution in [0.25, 0.3) is 0 Å². The maximum Gasteiger partial charge on any atom is 0.270 e. The molecule has 0 heterocycles. The minimum Gasteiger partial charge on any atom is -0.507 e. The Labute approximate surface area is 81.5 Å². The third-order valence-corrected chi connectivity index (χ3v) is 1.94. The first kappa shape index (κ1) is 10.5. The number of nitro benzene ring substituents is 1. The number of nitrogens with one attached hydrogen (secondary N) is 1. The maximum absolute atomic E-state index is 10.5. The minimum atomic E-state index is -0.467. The largest absolute Gasteiger partial charge is 0.507 e. The number of benzene rings is 1. The summed E-state index contributed by atoms with van der Waals surface area (Å²) in [6, 6.07) is 2.73. The topological polar surface area (TPSA) is 75.4 Å². The first-order valence-electron chi connectivity index (χ1n) is 4.17. The first-order chi connectivity index (χ1) is 6.56. The molecule has 0 saturated heterocycles. The second-order valence-electron chi connectivity index (χ2n) is 3.06. The van der Waals surface area contributed by atoms with Gasteiger partial charge < -0.3 is 10.4 Å². The molecule has 0 aromatic heterocycles. The Bertz CT molecular complexity index is 363. The van der Waals surface area contributed by atoms with E-state index in [0.717, 1.165) is 0 Å². The fraction of sp³-hybridized carbons (Fsp3) is 0.333. The number of hydrogen-bond donors (Lipinski definition) is 2. The van der Waals surface area contributed by atoms with Crippen LogP contribution in [0.3, 0.4) is 0 Å². The van der Waals surface area contributed by atoms with Crippen LogP contribution in [-0.4, -0.2) is 17.1 Å². The van der Waals surface area contributed by atoms with E-state index in [-0.39, 0.29) is 11.4 Å². The lowest BCUT2D eigenvalue weighted by Crippen LogP contribution is -2.06. The van der Waals surface area contributed by atoms with Crippen LogP contribution in [0.4, 0.5) is 5.69 Å². The van der Waals surface area contributed by atoms with Gasteiger partial charge in [-0.2, -0.15) is 0 Å². The van der Waals surface area contributed by atoms with Crippen molar-refractivity contribution in [2.75, 3.05) is 7.05 Å². The zero-order valence-electron chi connectivity index (χ0n) is 8.07. The molecule has 0 spiro atoms. The lowest BCUT2D eigenvalue weighted by molar-refractivity contribution is -0.385. The predicted molar refractivity (Wildman–Crippen MR) is 52.3 cm³/mol. The SMILES string of the molecule is CNCc1cc([N+](=O)[O-])cc(C)c1O. The molecule has 0 unspecified atom stereocenters. The molecule has 0 aliphatic heterocycles. The highest BCUT2D eigenvalue weighted by molar-refractivity contribution is 5.48. The van der Waals surface area contributed by atoms with Crippen LogP contribution >= 0.6 is 0 Å². The van der Waals surface area contributed by atoms with Crippen LogP contribution in [0.1, 0.15) is 11.1 Å². The molecule has 1 aromatic rings. The van der Waals surface area contributed by atoms with E-state index in [9.17, 15) is 15.2 Å². The second kappa shape index (κ2) is 4.06. The predicted octanol–water partition coefficient (Wildman–Crippen LogP) is 1.33. The Morgan fingerprint density at radius 3 is 2.71 bits per heavy atom. The summed E-state index contributed by atoms with van der Waals surface area (Å²) in [6.07, 6.45) is 0. The monoisotopic (exact) mass is 196 g/mol. The minimum absolute atomic E-state index is 0.00514. The molecular formula is C9H12N2O3. The molecule has 0 atom stereocenters. The Morgan fingerprint density at radius 2 is 2.21 bits per heavy atom. The van der Waals surface area contributed by atoms with Crippen LogP contribution in [0.15, 0.2) is 12.1 Å². The number of phenolic OH excluding ortho intramolecular Hbond substituents is 1. The Balaban J connectivity index is 3.20. The summed E-state index contributed by atoms with van der Waals surface area (Å²) in [5, 5.41) is 22.9. The molecule has 5 heteroatoms. The zero-order chi connectivity index (χ0) is 10.7. The number of aromatic hydroxyl groups is 1. The van der Waals surface area contributed by atoms with Gasteiger partial charge in [0.05, 0.1) is 4.92 Å². The number of phenols is 1. The quantitative estimate of drug-likeness (QED) is 0.564. The van der Waals surface area contributed by atoms with Gasteiger partial charge in [0.15, 0.2) is 0 Å². The van der Waals surface area contributed by atoms with Gasteiger partial charge in [0.25, 0.3) is 5.69 Å². The summed E-state index contributed by atoms with van der Waals surface area (Å²) in [5.41, 5.74) is 1.06. The molecule has 0 bridgehead atoms. The van der Waals surface area contributed by atoms with Crippen molar-refractivity contribution in [3.05, 3.63) is 33.4 Å². The van der Waals surface area contributed by atoms with Crippen LogP contribution in [0, 0.1) is 17.0 Å². The Hall–Kier alpha value is -1.62. The highest BCUT2D eigenvalue weighted by Gasteiger charge is 2.12. The normalized spacial score (nSPS) is 10.1. The van der Waals surface area contributed by atoms with Gasteiger partial charge in [-0.1, -0.05) is 0 Å². The van der Waals surface area contributed by atoms with Crippen molar-refractivity contribution < 1.29 is 10.0 Å². The average molecular weight is 196 g/mol. The molecule has 0 fully saturated rings. The number of rotatable bonds is 3. The van der Waals surface area contributed by atoms with Crippen LogP contribution in [0.2, 0.25) is 0 Å². The van der Waals surface area contributed by atoms with Crippen molar-refractivity contribution in [1.29, 1.82) is 0 Å². The lowest BCUT2D eigenvalue weighted by atomic mass is 10.1. The molecule has 1 aromatic carbocycles. The van der Waals surface area contributed by atoms with Gasteiger partial charge in [0.1, 0.15) is 5.75 Å². The summed E-state index contributed by atoms with van der Waals surface area (Å²) >= 11 is 0. The van der Waals surface area contributed by atoms with Crippen LogP contribution in [0.5, 0.6) is 5.75 Å². The standard InChI is InChI=1S/C9H12N2O3/c1-6-3-8(11(13)14)4-7(5-10-2)9(6)12/h3-4,10,12H,5H2,1-2H3. The number of nitro groups is 1. The van der Waals surface area contributed by atoms with Crippen LogP contribution < -0.4 is 5.32 Å². The van der Waals surface area contributed by atoms with E-state index in [1.807, 2.05) is 0 Å². The third-order valence-electron chi connectivity index (χ3n) is 1.94. The molecule has 0 aliphatic rings. The molecule has 0 saturated carbocycles. The summed E-state index contributed by atoms with van der Waals surface area (Å²) < 4.78 is 0. The molecule has 14 heavy (non-hydrogen) atoms. The molecule has 5 nitrogen and oxygen atoms in total. The molecular weight excluding hydrogens is 184 g/mol. The van der Waals surface area contributed by atoms with Gasteiger partial charge in [-0.15, -0.1) is 0 Å².